The van der Waals surface area contributed by atoms with Crippen molar-refractivity contribution in [1.29, 1.82) is 0 Å². The van der Waals surface area contributed by atoms with Crippen molar-refractivity contribution in [1.82, 2.24) is 9.97 Å². The minimum absolute atomic E-state index is 0.126. The van der Waals surface area contributed by atoms with Gasteiger partial charge in [-0.3, -0.25) is 14.6 Å². The highest BCUT2D eigenvalue weighted by molar-refractivity contribution is 6.05. The van der Waals surface area contributed by atoms with Crippen molar-refractivity contribution in [2.75, 3.05) is 5.32 Å². The minimum atomic E-state index is -0.209. The van der Waals surface area contributed by atoms with Crippen molar-refractivity contribution < 1.29 is 4.79 Å². The van der Waals surface area contributed by atoms with E-state index in [4.69, 9.17) is 0 Å². The average Bonchev–Trinajstić information content (AvgIpc) is 2.55. The summed E-state index contributed by atoms with van der Waals surface area (Å²) in [7, 11) is 0. The Labute approximate surface area is 133 Å². The predicted octanol–water partition coefficient (Wildman–Crippen LogP) is 3.13. The largest absolute Gasteiger partial charge is 0.322 e. The molecular weight excluding hydrogens is 290 g/mol. The van der Waals surface area contributed by atoms with E-state index in [2.05, 4.69) is 22.2 Å². The molecule has 1 aromatic carbocycles. The summed E-state index contributed by atoms with van der Waals surface area (Å²) in [4.78, 5) is 30.7. The Hall–Kier alpha value is -2.95. The molecule has 0 atom stereocenters. The lowest BCUT2D eigenvalue weighted by Crippen LogP contribution is -2.12. The fourth-order valence-corrected chi connectivity index (χ4v) is 2.59. The topological polar surface area (TPSA) is 74.8 Å². The van der Waals surface area contributed by atoms with E-state index in [1.807, 2.05) is 12.1 Å². The number of aromatic nitrogens is 2. The van der Waals surface area contributed by atoms with Crippen LogP contribution in [0.3, 0.4) is 0 Å². The Morgan fingerprint density at radius 1 is 1.17 bits per heavy atom. The quantitative estimate of drug-likeness (QED) is 0.777. The van der Waals surface area contributed by atoms with Crippen molar-refractivity contribution in [2.24, 2.45) is 0 Å². The van der Waals surface area contributed by atoms with Crippen molar-refractivity contribution >= 4 is 22.5 Å². The number of anilines is 1. The van der Waals surface area contributed by atoms with Gasteiger partial charge in [0.15, 0.2) is 0 Å². The molecule has 3 rings (SSSR count). The number of nitrogens with one attached hydrogen (secondary N) is 2. The standard InChI is InChI=1S/C18H17N3O2/c1-2-3-13-10-17(22)21-16-11-14(4-5-15(13)16)20-18(23)12-6-8-19-9-7-12/h4-11H,2-3H2,1H3,(H,20,23)(H,21,22). The first-order valence-corrected chi connectivity index (χ1v) is 7.54. The fraction of sp³-hybridized carbons (Fsp3) is 0.167. The molecule has 0 aliphatic carbocycles. The molecule has 2 heterocycles. The first kappa shape index (κ1) is 15.0. The van der Waals surface area contributed by atoms with E-state index in [1.165, 1.54) is 0 Å². The molecule has 5 heteroatoms. The fourth-order valence-electron chi connectivity index (χ4n) is 2.59. The van der Waals surface area contributed by atoms with Gasteiger partial charge in [0.25, 0.3) is 5.91 Å². The molecule has 2 aromatic heterocycles. The summed E-state index contributed by atoms with van der Waals surface area (Å²) in [6, 6.07) is 10.5. The molecule has 0 radical (unpaired) electrons. The number of carbonyl (C=O) groups excluding carboxylic acids is 1. The highest BCUT2D eigenvalue weighted by atomic mass is 16.1. The number of aromatic amines is 1. The third-order valence-electron chi connectivity index (χ3n) is 3.65. The van der Waals surface area contributed by atoms with Gasteiger partial charge in [0.1, 0.15) is 0 Å². The first-order chi connectivity index (χ1) is 11.2. The highest BCUT2D eigenvalue weighted by Gasteiger charge is 2.08. The van der Waals surface area contributed by atoms with Crippen LogP contribution in [-0.4, -0.2) is 15.9 Å². The van der Waals surface area contributed by atoms with Crippen LogP contribution in [0.4, 0.5) is 5.69 Å². The van der Waals surface area contributed by atoms with E-state index in [0.29, 0.717) is 11.3 Å². The van der Waals surface area contributed by atoms with Gasteiger partial charge >= 0.3 is 0 Å². The summed E-state index contributed by atoms with van der Waals surface area (Å²) in [6.07, 6.45) is 4.97. The highest BCUT2D eigenvalue weighted by Crippen LogP contribution is 2.21. The van der Waals surface area contributed by atoms with Crippen LogP contribution < -0.4 is 10.9 Å². The molecular formula is C18H17N3O2. The number of rotatable bonds is 4. The van der Waals surface area contributed by atoms with Crippen LogP contribution in [0.1, 0.15) is 29.3 Å². The lowest BCUT2D eigenvalue weighted by molar-refractivity contribution is 0.102. The molecule has 0 saturated heterocycles. The third-order valence-corrected chi connectivity index (χ3v) is 3.65. The number of hydrogen-bond donors (Lipinski definition) is 2. The van der Waals surface area contributed by atoms with Crippen LogP contribution in [0.2, 0.25) is 0 Å². The lowest BCUT2D eigenvalue weighted by atomic mass is 10.0. The van der Waals surface area contributed by atoms with Crippen LogP contribution in [-0.2, 0) is 6.42 Å². The molecule has 0 bridgehead atoms. The van der Waals surface area contributed by atoms with Crippen LogP contribution >= 0.6 is 0 Å². The number of benzene rings is 1. The Kier molecular flexibility index (Phi) is 4.19. The maximum absolute atomic E-state index is 12.2. The number of aryl methyl sites for hydroxylation is 1. The van der Waals surface area contributed by atoms with E-state index in [-0.39, 0.29) is 11.5 Å². The summed E-state index contributed by atoms with van der Waals surface area (Å²) in [5.41, 5.74) is 2.81. The van der Waals surface area contributed by atoms with E-state index < -0.39 is 0 Å². The molecule has 2 N–H and O–H groups in total. The monoisotopic (exact) mass is 307 g/mol. The van der Waals surface area contributed by atoms with E-state index >= 15 is 0 Å². The number of amides is 1. The zero-order valence-electron chi connectivity index (χ0n) is 12.8. The average molecular weight is 307 g/mol. The van der Waals surface area contributed by atoms with Crippen LogP contribution in [0, 0.1) is 0 Å². The second-order valence-corrected chi connectivity index (χ2v) is 5.36. The molecule has 5 nitrogen and oxygen atoms in total. The van der Waals surface area contributed by atoms with E-state index in [9.17, 15) is 9.59 Å². The molecule has 23 heavy (non-hydrogen) atoms. The summed E-state index contributed by atoms with van der Waals surface area (Å²) in [6.45, 7) is 2.08. The summed E-state index contributed by atoms with van der Waals surface area (Å²) in [5, 5.41) is 3.84. The Morgan fingerprint density at radius 2 is 1.96 bits per heavy atom. The van der Waals surface area contributed by atoms with Crippen molar-refractivity contribution in [3.63, 3.8) is 0 Å². The molecule has 3 aromatic rings. The van der Waals surface area contributed by atoms with Gasteiger partial charge in [0.05, 0.1) is 5.52 Å². The van der Waals surface area contributed by atoms with Crippen LogP contribution in [0.25, 0.3) is 10.9 Å². The van der Waals surface area contributed by atoms with Gasteiger partial charge in [0, 0.05) is 35.1 Å². The number of nitrogens with zero attached hydrogens (tertiary/aromatic N) is 1. The summed E-state index contributed by atoms with van der Waals surface area (Å²) < 4.78 is 0. The molecule has 0 aliphatic heterocycles. The van der Waals surface area contributed by atoms with Gasteiger partial charge in [-0.25, -0.2) is 0 Å². The Bertz CT molecular complexity index is 901. The molecule has 0 fully saturated rings. The number of fused-ring (bicyclic) bond motifs is 1. The molecule has 0 spiro atoms. The number of H-pyrrole nitrogens is 1. The first-order valence-electron chi connectivity index (χ1n) is 7.54. The SMILES string of the molecule is CCCc1cc(=O)[nH]c2cc(NC(=O)c3ccncc3)ccc12. The lowest BCUT2D eigenvalue weighted by Gasteiger charge is -2.09. The second kappa shape index (κ2) is 6.44. The van der Waals surface area contributed by atoms with E-state index in [1.54, 1.807) is 36.7 Å². The van der Waals surface area contributed by atoms with Gasteiger partial charge in [-0.1, -0.05) is 19.4 Å². The molecule has 0 saturated carbocycles. The minimum Gasteiger partial charge on any atom is -0.322 e. The maximum Gasteiger partial charge on any atom is 0.255 e. The summed E-state index contributed by atoms with van der Waals surface area (Å²) in [5.74, 6) is -0.209. The Balaban J connectivity index is 1.94. The Morgan fingerprint density at radius 3 is 2.70 bits per heavy atom. The van der Waals surface area contributed by atoms with E-state index in [0.717, 1.165) is 29.3 Å². The zero-order valence-corrected chi connectivity index (χ0v) is 12.8. The van der Waals surface area contributed by atoms with Crippen LogP contribution in [0.5, 0.6) is 0 Å². The number of carbonyl (C=O) groups is 1. The predicted molar refractivity (Wildman–Crippen MR) is 90.8 cm³/mol. The van der Waals surface area contributed by atoms with Crippen LogP contribution in [0.15, 0.2) is 53.6 Å². The summed E-state index contributed by atoms with van der Waals surface area (Å²) >= 11 is 0. The normalized spacial score (nSPS) is 10.7. The molecule has 116 valence electrons. The third kappa shape index (κ3) is 3.29. The van der Waals surface area contributed by atoms with Gasteiger partial charge in [-0.2, -0.15) is 0 Å². The number of hydrogen-bond acceptors (Lipinski definition) is 3. The van der Waals surface area contributed by atoms with Gasteiger partial charge < -0.3 is 10.3 Å². The molecule has 0 unspecified atom stereocenters. The maximum atomic E-state index is 12.2. The van der Waals surface area contributed by atoms with Crippen molar-refractivity contribution in [2.45, 2.75) is 19.8 Å². The van der Waals surface area contributed by atoms with Gasteiger partial charge in [0.2, 0.25) is 5.56 Å². The second-order valence-electron chi connectivity index (χ2n) is 5.36. The van der Waals surface area contributed by atoms with Gasteiger partial charge in [-0.15, -0.1) is 0 Å². The van der Waals surface area contributed by atoms with Crippen molar-refractivity contribution in [3.05, 3.63) is 70.3 Å². The van der Waals surface area contributed by atoms with Gasteiger partial charge in [-0.05, 0) is 36.2 Å². The molecule has 1 amide bonds. The number of pyridine rings is 2. The van der Waals surface area contributed by atoms with Crippen molar-refractivity contribution in [3.8, 4) is 0 Å². The molecule has 0 aliphatic rings. The smallest absolute Gasteiger partial charge is 0.255 e. The zero-order chi connectivity index (χ0) is 16.2.